The number of amidine groups is 1. The van der Waals surface area contributed by atoms with Crippen LogP contribution in [-0.4, -0.2) is 25.3 Å². The molecule has 0 saturated carbocycles. The molecule has 2 aromatic rings. The van der Waals surface area contributed by atoms with E-state index in [1.807, 2.05) is 0 Å². The molecule has 0 spiro atoms. The summed E-state index contributed by atoms with van der Waals surface area (Å²) in [6.45, 7) is 0. The van der Waals surface area contributed by atoms with Gasteiger partial charge >= 0.3 is 16.2 Å². The summed E-state index contributed by atoms with van der Waals surface area (Å²) in [7, 11) is -3.83. The fraction of sp³-hybridized carbons (Fsp3) is 0.111. The van der Waals surface area contributed by atoms with E-state index in [2.05, 4.69) is 0 Å². The first-order chi connectivity index (χ1) is 12.8. The van der Waals surface area contributed by atoms with Crippen molar-refractivity contribution in [3.63, 3.8) is 0 Å². The number of carbonyl (C=O) groups is 1. The molecule has 4 N–H and O–H groups in total. The molecule has 0 aliphatic carbocycles. The zero-order valence-corrected chi connectivity index (χ0v) is 15.1. The third-order valence-electron chi connectivity index (χ3n) is 4.09. The number of nitrogens with zero attached hydrogens (tertiary/aromatic N) is 2. The predicted octanol–water partition coefficient (Wildman–Crippen LogP) is 2.03. The minimum absolute atomic E-state index is 0.0191. The van der Waals surface area contributed by atoms with Gasteiger partial charge in [0.2, 0.25) is 0 Å². The predicted molar refractivity (Wildman–Crippen MR) is 103 cm³/mol. The lowest BCUT2D eigenvalue weighted by atomic mass is 10.1. The molecule has 3 rings (SSSR count). The molecular weight excluding hydrogens is 368 g/mol. The zero-order chi connectivity index (χ0) is 19.6. The van der Waals surface area contributed by atoms with Crippen molar-refractivity contribution in [3.05, 3.63) is 72.1 Å². The second kappa shape index (κ2) is 7.12. The van der Waals surface area contributed by atoms with Gasteiger partial charge in [0.1, 0.15) is 5.84 Å². The minimum Gasteiger partial charge on any atom is -0.481 e. The zero-order valence-electron chi connectivity index (χ0n) is 14.2. The van der Waals surface area contributed by atoms with Crippen LogP contribution in [0.25, 0.3) is 0 Å². The van der Waals surface area contributed by atoms with Crippen LogP contribution in [0.1, 0.15) is 17.5 Å². The van der Waals surface area contributed by atoms with E-state index < -0.39 is 16.2 Å². The van der Waals surface area contributed by atoms with Gasteiger partial charge in [0.15, 0.2) is 0 Å². The Morgan fingerprint density at radius 1 is 0.963 bits per heavy atom. The fourth-order valence-corrected chi connectivity index (χ4v) is 4.04. The first kappa shape index (κ1) is 18.5. The molecule has 0 atom stereocenters. The van der Waals surface area contributed by atoms with Crippen LogP contribution in [0.3, 0.4) is 0 Å². The standard InChI is InChI=1S/C18H18N4O4S/c19-18(20)14-4-8-16(9-5-14)22-12-11-21(27(22,25)26)15-6-1-13(2-7-15)3-10-17(23)24/h1-2,4-9,11-12H,3,10H2,(H3,19,20)(H,23,24). The van der Waals surface area contributed by atoms with Crippen LogP contribution in [0.5, 0.6) is 0 Å². The van der Waals surface area contributed by atoms with Crippen molar-refractivity contribution < 1.29 is 18.3 Å². The molecular formula is C18H18N4O4S. The maximum absolute atomic E-state index is 12.9. The Balaban J connectivity index is 1.80. The maximum atomic E-state index is 12.9. The number of nitrogens with two attached hydrogens (primary N) is 1. The number of hydrogen-bond donors (Lipinski definition) is 3. The van der Waals surface area contributed by atoms with E-state index in [1.54, 1.807) is 48.5 Å². The highest BCUT2D eigenvalue weighted by Gasteiger charge is 2.32. The minimum atomic E-state index is -3.83. The van der Waals surface area contributed by atoms with E-state index in [0.717, 1.165) is 14.2 Å². The first-order valence-corrected chi connectivity index (χ1v) is 9.46. The first-order valence-electron chi connectivity index (χ1n) is 8.06. The molecule has 140 valence electrons. The van der Waals surface area contributed by atoms with Gasteiger partial charge in [0, 0.05) is 24.4 Å². The third kappa shape index (κ3) is 3.77. The summed E-state index contributed by atoms with van der Waals surface area (Å²) >= 11 is 0. The van der Waals surface area contributed by atoms with E-state index in [4.69, 9.17) is 16.2 Å². The van der Waals surface area contributed by atoms with Crippen LogP contribution in [-0.2, 0) is 21.4 Å². The lowest BCUT2D eigenvalue weighted by Gasteiger charge is -2.21. The molecule has 0 bridgehead atoms. The number of nitrogen functional groups attached to an aromatic ring is 1. The molecule has 0 fully saturated rings. The van der Waals surface area contributed by atoms with Crippen molar-refractivity contribution in [2.45, 2.75) is 12.8 Å². The molecule has 0 unspecified atom stereocenters. The van der Waals surface area contributed by atoms with E-state index in [0.29, 0.717) is 23.4 Å². The van der Waals surface area contributed by atoms with Crippen molar-refractivity contribution in [3.8, 4) is 0 Å². The van der Waals surface area contributed by atoms with Crippen molar-refractivity contribution in [2.75, 3.05) is 8.61 Å². The third-order valence-corrected chi connectivity index (χ3v) is 5.75. The van der Waals surface area contributed by atoms with Gasteiger partial charge in [-0.3, -0.25) is 10.2 Å². The van der Waals surface area contributed by atoms with Crippen LogP contribution >= 0.6 is 0 Å². The molecule has 0 amide bonds. The highest BCUT2D eigenvalue weighted by Crippen LogP contribution is 2.30. The smallest absolute Gasteiger partial charge is 0.334 e. The summed E-state index contributed by atoms with van der Waals surface area (Å²) in [5, 5.41) is 16.1. The Labute approximate surface area is 156 Å². The van der Waals surface area contributed by atoms with Crippen molar-refractivity contribution in [2.24, 2.45) is 5.73 Å². The lowest BCUT2D eigenvalue weighted by Crippen LogP contribution is -2.32. The molecule has 0 saturated heterocycles. The topological polar surface area (TPSA) is 128 Å². The molecule has 1 aliphatic heterocycles. The maximum Gasteiger partial charge on any atom is 0.334 e. The summed E-state index contributed by atoms with van der Waals surface area (Å²) in [6.07, 6.45) is 3.29. The van der Waals surface area contributed by atoms with Crippen molar-refractivity contribution in [1.29, 1.82) is 5.41 Å². The Morgan fingerprint density at radius 2 is 1.44 bits per heavy atom. The van der Waals surface area contributed by atoms with E-state index >= 15 is 0 Å². The number of benzene rings is 2. The van der Waals surface area contributed by atoms with Gasteiger partial charge in [-0.25, -0.2) is 8.61 Å². The van der Waals surface area contributed by atoms with Gasteiger partial charge in [0.25, 0.3) is 0 Å². The number of rotatable bonds is 6. The van der Waals surface area contributed by atoms with Gasteiger partial charge in [-0.05, 0) is 48.4 Å². The number of anilines is 2. The molecule has 0 radical (unpaired) electrons. The van der Waals surface area contributed by atoms with Crippen LogP contribution in [0.4, 0.5) is 11.4 Å². The number of carboxylic acids is 1. The van der Waals surface area contributed by atoms with Gasteiger partial charge in [-0.15, -0.1) is 0 Å². The van der Waals surface area contributed by atoms with Crippen LogP contribution < -0.4 is 14.3 Å². The van der Waals surface area contributed by atoms with Crippen molar-refractivity contribution >= 4 is 33.4 Å². The molecule has 1 aliphatic rings. The van der Waals surface area contributed by atoms with Crippen LogP contribution in [0, 0.1) is 5.41 Å². The molecule has 8 nitrogen and oxygen atoms in total. The lowest BCUT2D eigenvalue weighted by molar-refractivity contribution is -0.136. The Morgan fingerprint density at radius 3 is 1.89 bits per heavy atom. The van der Waals surface area contributed by atoms with Gasteiger partial charge in [-0.2, -0.15) is 8.42 Å². The average Bonchev–Trinajstić information content (AvgIpc) is 2.95. The SMILES string of the molecule is N=C(N)c1ccc(N2C=CN(c3ccc(CCC(=O)O)cc3)S2(=O)=O)cc1. The van der Waals surface area contributed by atoms with Gasteiger partial charge in [-0.1, -0.05) is 12.1 Å². The monoisotopic (exact) mass is 386 g/mol. The molecule has 27 heavy (non-hydrogen) atoms. The molecule has 0 aromatic heterocycles. The van der Waals surface area contributed by atoms with Gasteiger partial charge < -0.3 is 10.8 Å². The second-order valence-corrected chi connectivity index (χ2v) is 7.60. The number of aryl methyl sites for hydroxylation is 1. The quantitative estimate of drug-likeness (QED) is 0.517. The van der Waals surface area contributed by atoms with E-state index in [-0.39, 0.29) is 12.3 Å². The largest absolute Gasteiger partial charge is 0.481 e. The number of aliphatic carboxylic acids is 1. The summed E-state index contributed by atoms with van der Waals surface area (Å²) in [5.74, 6) is -0.971. The Hall–Kier alpha value is -3.33. The van der Waals surface area contributed by atoms with Gasteiger partial charge in [0.05, 0.1) is 11.4 Å². The summed E-state index contributed by atoms with van der Waals surface area (Å²) < 4.78 is 28.0. The summed E-state index contributed by atoms with van der Waals surface area (Å²) in [4.78, 5) is 10.6. The van der Waals surface area contributed by atoms with Crippen molar-refractivity contribution in [1.82, 2.24) is 0 Å². The molecule has 9 heteroatoms. The summed E-state index contributed by atoms with van der Waals surface area (Å²) in [5.41, 5.74) is 7.62. The fourth-order valence-electron chi connectivity index (χ4n) is 2.66. The second-order valence-electron chi connectivity index (χ2n) is 5.92. The normalized spacial score (nSPS) is 15.1. The Kier molecular flexibility index (Phi) is 4.87. The Bertz CT molecular complexity index is 999. The number of carboxylic acid groups (broad SMARTS) is 1. The van der Waals surface area contributed by atoms with Crippen LogP contribution in [0.15, 0.2) is 60.9 Å². The number of hydrogen-bond acceptors (Lipinski definition) is 4. The summed E-state index contributed by atoms with van der Waals surface area (Å²) in [6, 6.07) is 13.0. The van der Waals surface area contributed by atoms with E-state index in [9.17, 15) is 13.2 Å². The van der Waals surface area contributed by atoms with Crippen LogP contribution in [0.2, 0.25) is 0 Å². The highest BCUT2D eigenvalue weighted by molar-refractivity contribution is 7.94. The number of nitrogens with one attached hydrogen (secondary N) is 1. The molecule has 2 aromatic carbocycles. The highest BCUT2D eigenvalue weighted by atomic mass is 32.2. The molecule has 1 heterocycles. The average molecular weight is 386 g/mol. The van der Waals surface area contributed by atoms with E-state index in [1.165, 1.54) is 12.4 Å².